The third kappa shape index (κ3) is 8.85. The van der Waals surface area contributed by atoms with E-state index in [0.29, 0.717) is 33.0 Å². The number of ether oxygens (including phenoxy) is 11. The third-order valence-corrected chi connectivity index (χ3v) is 5.50. The highest BCUT2D eigenvalue weighted by atomic mass is 16.9. The van der Waals surface area contributed by atoms with Gasteiger partial charge < -0.3 is 52.1 Å². The van der Waals surface area contributed by atoms with Crippen molar-refractivity contribution in [1.82, 2.24) is 0 Å². The van der Waals surface area contributed by atoms with Crippen molar-refractivity contribution < 1.29 is 56.9 Å². The first-order valence-electron chi connectivity index (χ1n) is 12.0. The van der Waals surface area contributed by atoms with Crippen LogP contribution in [-0.2, 0) is 56.9 Å². The van der Waals surface area contributed by atoms with Crippen LogP contribution in [0.2, 0.25) is 0 Å². The predicted molar refractivity (Wildman–Crippen MR) is 118 cm³/mol. The van der Waals surface area contributed by atoms with Crippen LogP contribution in [0.5, 0.6) is 0 Å². The number of hydrogen-bond donors (Lipinski definition) is 0. The van der Waals surface area contributed by atoms with Gasteiger partial charge >= 0.3 is 5.97 Å². The molecule has 3 fully saturated rings. The fourth-order valence-electron chi connectivity index (χ4n) is 4.03. The van der Waals surface area contributed by atoms with Crippen LogP contribution in [0.15, 0.2) is 0 Å². The second kappa shape index (κ2) is 13.0. The molecule has 0 radical (unpaired) electrons. The van der Waals surface area contributed by atoms with Gasteiger partial charge in [-0.2, -0.15) is 0 Å². The van der Waals surface area contributed by atoms with Gasteiger partial charge in [-0.3, -0.25) is 0 Å². The summed E-state index contributed by atoms with van der Waals surface area (Å²) in [6, 6.07) is 0. The third-order valence-electron chi connectivity index (χ3n) is 5.50. The lowest BCUT2D eigenvalue weighted by molar-refractivity contribution is -0.253. The van der Waals surface area contributed by atoms with Crippen LogP contribution < -0.4 is 0 Å². The molecule has 3 rings (SSSR count). The van der Waals surface area contributed by atoms with Crippen molar-refractivity contribution in [2.45, 2.75) is 83.2 Å². The van der Waals surface area contributed by atoms with Gasteiger partial charge in [0.1, 0.15) is 37.6 Å². The molecule has 6 atom stereocenters. The highest BCUT2D eigenvalue weighted by Crippen LogP contribution is 2.42. The molecule has 3 heterocycles. The van der Waals surface area contributed by atoms with Crippen molar-refractivity contribution in [2.24, 2.45) is 0 Å². The number of rotatable bonds is 15. The van der Waals surface area contributed by atoms with E-state index < -0.39 is 48.4 Å². The van der Waals surface area contributed by atoms with Gasteiger partial charge in [0.15, 0.2) is 24.2 Å². The highest BCUT2D eigenvalue weighted by Gasteiger charge is 2.59. The average molecular weight is 509 g/mol. The second-order valence-corrected chi connectivity index (χ2v) is 9.35. The molecule has 12 nitrogen and oxygen atoms in total. The summed E-state index contributed by atoms with van der Waals surface area (Å²) in [7, 11) is 1.60. The predicted octanol–water partition coefficient (Wildman–Crippen LogP) is 0.985. The summed E-state index contributed by atoms with van der Waals surface area (Å²) >= 11 is 0. The van der Waals surface area contributed by atoms with Crippen molar-refractivity contribution in [2.75, 3.05) is 60.0 Å². The van der Waals surface area contributed by atoms with Crippen LogP contribution in [0.25, 0.3) is 0 Å². The minimum atomic E-state index is -0.787. The van der Waals surface area contributed by atoms with Crippen LogP contribution in [0.4, 0.5) is 0 Å². The smallest absolute Gasteiger partial charge is 0.332 e. The average Bonchev–Trinajstić information content (AvgIpc) is 3.40. The first-order valence-corrected chi connectivity index (χ1v) is 12.0. The number of methoxy groups -OCH3 is 1. The number of esters is 1. The van der Waals surface area contributed by atoms with Gasteiger partial charge in [-0.1, -0.05) is 0 Å². The maximum atomic E-state index is 11.8. The van der Waals surface area contributed by atoms with Crippen LogP contribution in [0.3, 0.4) is 0 Å². The van der Waals surface area contributed by atoms with E-state index in [2.05, 4.69) is 0 Å². The molecular weight excluding hydrogens is 468 g/mol. The van der Waals surface area contributed by atoms with Crippen molar-refractivity contribution >= 4 is 5.97 Å². The number of fused-ring (bicyclic) bond motifs is 1. The monoisotopic (exact) mass is 508 g/mol. The number of carbonyl (C=O) groups is 1. The summed E-state index contributed by atoms with van der Waals surface area (Å²) in [4.78, 5) is 11.8. The molecule has 0 aliphatic carbocycles. The van der Waals surface area contributed by atoms with Crippen LogP contribution in [0.1, 0.15) is 34.6 Å². The summed E-state index contributed by atoms with van der Waals surface area (Å²) in [5, 5.41) is 0. The van der Waals surface area contributed by atoms with Crippen molar-refractivity contribution in [1.29, 1.82) is 0 Å². The summed E-state index contributed by atoms with van der Waals surface area (Å²) in [6.07, 6.45) is -2.93. The van der Waals surface area contributed by atoms with E-state index in [-0.39, 0.29) is 25.9 Å². The zero-order valence-corrected chi connectivity index (χ0v) is 21.5. The molecule has 35 heavy (non-hydrogen) atoms. The molecule has 1 unspecified atom stereocenters. The van der Waals surface area contributed by atoms with Crippen molar-refractivity contribution in [3.63, 3.8) is 0 Å². The lowest BCUT2D eigenvalue weighted by Crippen LogP contribution is -2.45. The highest BCUT2D eigenvalue weighted by molar-refractivity contribution is 5.70. The van der Waals surface area contributed by atoms with E-state index >= 15 is 0 Å². The zero-order valence-electron chi connectivity index (χ0n) is 21.5. The summed E-state index contributed by atoms with van der Waals surface area (Å²) in [5.74, 6) is -1.97. The molecule has 0 bridgehead atoms. The molecule has 0 aromatic rings. The fourth-order valence-corrected chi connectivity index (χ4v) is 4.03. The number of hydrogen-bond acceptors (Lipinski definition) is 12. The minimum Gasteiger partial charge on any atom is -0.462 e. The minimum absolute atomic E-state index is 0.0668. The number of carbonyl (C=O) groups excluding carboxylic acids is 1. The van der Waals surface area contributed by atoms with E-state index in [1.165, 1.54) is 0 Å². The first kappa shape index (κ1) is 28.6. The Morgan fingerprint density at radius 2 is 1.66 bits per heavy atom. The van der Waals surface area contributed by atoms with Gasteiger partial charge in [0.05, 0.1) is 39.6 Å². The Kier molecular flexibility index (Phi) is 10.7. The Balaban J connectivity index is 1.36. The summed E-state index contributed by atoms with van der Waals surface area (Å²) < 4.78 is 62.0. The Labute approximate surface area is 206 Å². The van der Waals surface area contributed by atoms with Crippen LogP contribution in [-0.4, -0.2) is 115 Å². The SMILES string of the molecule is COCCOCCOCC(=O)OCCOC(C)O[C@@H]1[C@H]2OC(C)(C)O[C@H]2O[C@@H]1[C@@H]1COC(C)(C)O1. The summed E-state index contributed by atoms with van der Waals surface area (Å²) in [6.45, 7) is 11.2. The fraction of sp³-hybridized carbons (Fsp3) is 0.957. The molecule has 0 amide bonds. The van der Waals surface area contributed by atoms with Gasteiger partial charge in [-0.25, -0.2) is 4.79 Å². The topological polar surface area (TPSA) is 119 Å². The Morgan fingerprint density at radius 3 is 2.37 bits per heavy atom. The lowest BCUT2D eigenvalue weighted by atomic mass is 10.1. The largest absolute Gasteiger partial charge is 0.462 e. The second-order valence-electron chi connectivity index (χ2n) is 9.35. The quantitative estimate of drug-likeness (QED) is 0.178. The molecule has 0 saturated carbocycles. The molecule has 3 aliphatic heterocycles. The van der Waals surface area contributed by atoms with E-state index in [4.69, 9.17) is 52.1 Å². The van der Waals surface area contributed by atoms with Gasteiger partial charge in [0, 0.05) is 7.11 Å². The Hall–Kier alpha value is -0.930. The standard InChI is InChI=1S/C23H40O12/c1-15(28-11-12-29-17(24)14-27-10-9-26-8-7-25-6)31-19-18(16-13-30-22(2,3)33-16)32-21-20(19)34-23(4,5)35-21/h15-16,18-21H,7-14H2,1-6H3/t15?,16-,18+,19-,20+,21+/m0/s1. The van der Waals surface area contributed by atoms with Crippen molar-refractivity contribution in [3.8, 4) is 0 Å². The molecule has 0 aromatic heterocycles. The molecule has 204 valence electrons. The van der Waals surface area contributed by atoms with Gasteiger partial charge in [0.25, 0.3) is 0 Å². The first-order chi connectivity index (χ1) is 16.6. The van der Waals surface area contributed by atoms with Crippen molar-refractivity contribution in [3.05, 3.63) is 0 Å². The Morgan fingerprint density at radius 1 is 0.914 bits per heavy atom. The molecule has 0 spiro atoms. The molecule has 3 aliphatic rings. The Bertz CT molecular complexity index is 656. The van der Waals surface area contributed by atoms with Gasteiger partial charge in [0.2, 0.25) is 0 Å². The molecular formula is C23H40O12. The van der Waals surface area contributed by atoms with Gasteiger partial charge in [-0.15, -0.1) is 0 Å². The zero-order chi connectivity index (χ0) is 25.5. The van der Waals surface area contributed by atoms with Crippen LogP contribution in [0, 0.1) is 0 Å². The van der Waals surface area contributed by atoms with E-state index in [1.54, 1.807) is 14.0 Å². The van der Waals surface area contributed by atoms with Gasteiger partial charge in [-0.05, 0) is 34.6 Å². The molecule has 3 saturated heterocycles. The maximum Gasteiger partial charge on any atom is 0.332 e. The summed E-state index contributed by atoms with van der Waals surface area (Å²) in [5.41, 5.74) is 0. The van der Waals surface area contributed by atoms with E-state index in [0.717, 1.165) is 0 Å². The molecule has 12 heteroatoms. The van der Waals surface area contributed by atoms with Crippen LogP contribution >= 0.6 is 0 Å². The van der Waals surface area contributed by atoms with E-state index in [1.807, 2.05) is 27.7 Å². The van der Waals surface area contributed by atoms with E-state index in [9.17, 15) is 4.79 Å². The normalized spacial score (nSPS) is 32.0. The molecule has 0 aromatic carbocycles. The molecule has 0 N–H and O–H groups in total. The maximum absolute atomic E-state index is 11.8. The lowest BCUT2D eigenvalue weighted by Gasteiger charge is -2.30.